The highest BCUT2D eigenvalue weighted by molar-refractivity contribution is 5.77. The van der Waals surface area contributed by atoms with E-state index < -0.39 is 0 Å². The standard InChI is InChI=1S/C19H21N5O/c1-13-4-3-5-15(10-13)24-19-17(20)18(22-12-23-19)21-11-14-6-8-16(25-2)9-7-14/h3-10,12H,11,20H2,1-2H3,(H2,21,22,23,24). The van der Waals surface area contributed by atoms with Crippen molar-refractivity contribution in [3.05, 3.63) is 66.0 Å². The summed E-state index contributed by atoms with van der Waals surface area (Å²) in [7, 11) is 1.65. The van der Waals surface area contributed by atoms with Crippen LogP contribution in [0.2, 0.25) is 0 Å². The first-order chi connectivity index (χ1) is 12.2. The van der Waals surface area contributed by atoms with Crippen molar-refractivity contribution in [1.29, 1.82) is 0 Å². The molecular formula is C19H21N5O. The molecule has 0 bridgehead atoms. The summed E-state index contributed by atoms with van der Waals surface area (Å²) in [4.78, 5) is 8.47. The van der Waals surface area contributed by atoms with Crippen LogP contribution in [0.15, 0.2) is 54.9 Å². The van der Waals surface area contributed by atoms with Crippen molar-refractivity contribution in [2.24, 2.45) is 0 Å². The summed E-state index contributed by atoms with van der Waals surface area (Å²) < 4.78 is 5.16. The SMILES string of the molecule is COc1ccc(CNc2ncnc(Nc3cccc(C)c3)c2N)cc1. The number of nitrogens with one attached hydrogen (secondary N) is 2. The van der Waals surface area contributed by atoms with Crippen molar-refractivity contribution < 1.29 is 4.74 Å². The van der Waals surface area contributed by atoms with Gasteiger partial charge in [-0.05, 0) is 42.3 Å². The minimum Gasteiger partial charge on any atom is -0.497 e. The Balaban J connectivity index is 1.71. The van der Waals surface area contributed by atoms with E-state index in [-0.39, 0.29) is 0 Å². The molecule has 0 aliphatic carbocycles. The van der Waals surface area contributed by atoms with Crippen molar-refractivity contribution in [3.63, 3.8) is 0 Å². The molecule has 0 aliphatic heterocycles. The monoisotopic (exact) mass is 335 g/mol. The fraction of sp³-hybridized carbons (Fsp3) is 0.158. The van der Waals surface area contributed by atoms with Gasteiger partial charge in [0.2, 0.25) is 0 Å². The second kappa shape index (κ2) is 7.53. The molecule has 0 unspecified atom stereocenters. The molecule has 25 heavy (non-hydrogen) atoms. The molecule has 6 nitrogen and oxygen atoms in total. The van der Waals surface area contributed by atoms with Crippen molar-refractivity contribution in [2.75, 3.05) is 23.5 Å². The number of ether oxygens (including phenoxy) is 1. The normalized spacial score (nSPS) is 10.3. The van der Waals surface area contributed by atoms with Gasteiger partial charge in [-0.1, -0.05) is 24.3 Å². The van der Waals surface area contributed by atoms with Crippen molar-refractivity contribution >= 4 is 23.0 Å². The number of aryl methyl sites for hydroxylation is 1. The predicted molar refractivity (Wildman–Crippen MR) is 101 cm³/mol. The molecule has 3 aromatic rings. The summed E-state index contributed by atoms with van der Waals surface area (Å²) in [6, 6.07) is 15.9. The van der Waals surface area contributed by atoms with Crippen molar-refractivity contribution in [2.45, 2.75) is 13.5 Å². The third-order valence-corrected chi connectivity index (χ3v) is 3.78. The molecule has 0 aliphatic rings. The number of nitrogen functional groups attached to an aromatic ring is 1. The van der Waals surface area contributed by atoms with E-state index in [2.05, 4.69) is 20.6 Å². The molecule has 0 fully saturated rings. The number of anilines is 4. The molecule has 0 saturated heterocycles. The number of nitrogens with zero attached hydrogens (tertiary/aromatic N) is 2. The molecule has 1 aromatic heterocycles. The van der Waals surface area contributed by atoms with Gasteiger partial charge >= 0.3 is 0 Å². The topological polar surface area (TPSA) is 85.1 Å². The zero-order valence-corrected chi connectivity index (χ0v) is 14.3. The first-order valence-electron chi connectivity index (χ1n) is 7.96. The largest absolute Gasteiger partial charge is 0.497 e. The minimum atomic E-state index is 0.484. The van der Waals surface area contributed by atoms with E-state index in [4.69, 9.17) is 10.5 Å². The third-order valence-electron chi connectivity index (χ3n) is 3.78. The first kappa shape index (κ1) is 16.6. The number of rotatable bonds is 6. The Bertz CT molecular complexity index is 849. The molecule has 0 saturated carbocycles. The van der Waals surface area contributed by atoms with Gasteiger partial charge in [0, 0.05) is 12.2 Å². The summed E-state index contributed by atoms with van der Waals surface area (Å²) in [6.45, 7) is 2.64. The van der Waals surface area contributed by atoms with Crippen LogP contribution in [0, 0.1) is 6.92 Å². The molecule has 0 amide bonds. The number of benzene rings is 2. The molecule has 4 N–H and O–H groups in total. The lowest BCUT2D eigenvalue weighted by Gasteiger charge is -2.13. The summed E-state index contributed by atoms with van der Waals surface area (Å²) in [5.74, 6) is 2.01. The molecule has 1 heterocycles. The summed E-state index contributed by atoms with van der Waals surface area (Å²) >= 11 is 0. The van der Waals surface area contributed by atoms with E-state index in [0.29, 0.717) is 23.9 Å². The molecule has 128 valence electrons. The second-order valence-electron chi connectivity index (χ2n) is 5.68. The molecule has 3 rings (SSSR count). The van der Waals surface area contributed by atoms with Gasteiger partial charge in [0.1, 0.15) is 17.8 Å². The summed E-state index contributed by atoms with van der Waals surface area (Å²) in [5, 5.41) is 6.48. The van der Waals surface area contributed by atoms with Gasteiger partial charge in [0.05, 0.1) is 7.11 Å². The van der Waals surface area contributed by atoms with Crippen LogP contribution in [0.1, 0.15) is 11.1 Å². The molecule has 0 spiro atoms. The second-order valence-corrected chi connectivity index (χ2v) is 5.68. The average Bonchev–Trinajstić information content (AvgIpc) is 2.63. The Kier molecular flexibility index (Phi) is 4.99. The van der Waals surface area contributed by atoms with Gasteiger partial charge in [-0.3, -0.25) is 0 Å². The van der Waals surface area contributed by atoms with Crippen LogP contribution >= 0.6 is 0 Å². The van der Waals surface area contributed by atoms with Gasteiger partial charge in [0.25, 0.3) is 0 Å². The van der Waals surface area contributed by atoms with E-state index in [9.17, 15) is 0 Å². The lowest BCUT2D eigenvalue weighted by atomic mass is 10.2. The smallest absolute Gasteiger partial charge is 0.159 e. The molecule has 0 radical (unpaired) electrons. The number of methoxy groups -OCH3 is 1. The van der Waals surface area contributed by atoms with Crippen molar-refractivity contribution in [3.8, 4) is 5.75 Å². The lowest BCUT2D eigenvalue weighted by molar-refractivity contribution is 0.414. The van der Waals surface area contributed by atoms with Gasteiger partial charge in [0.15, 0.2) is 11.6 Å². The Morgan fingerprint density at radius 2 is 1.80 bits per heavy atom. The zero-order valence-electron chi connectivity index (χ0n) is 14.3. The Morgan fingerprint density at radius 3 is 2.52 bits per heavy atom. The highest BCUT2D eigenvalue weighted by atomic mass is 16.5. The number of hydrogen-bond donors (Lipinski definition) is 3. The van der Waals surface area contributed by atoms with Crippen LogP contribution in [-0.4, -0.2) is 17.1 Å². The van der Waals surface area contributed by atoms with E-state index in [1.807, 2.05) is 55.5 Å². The van der Waals surface area contributed by atoms with Crippen LogP contribution in [0.4, 0.5) is 23.0 Å². The van der Waals surface area contributed by atoms with Crippen LogP contribution in [0.5, 0.6) is 5.75 Å². The third kappa shape index (κ3) is 4.17. The maximum absolute atomic E-state index is 6.21. The maximum Gasteiger partial charge on any atom is 0.159 e. The van der Waals surface area contributed by atoms with E-state index in [1.165, 1.54) is 6.33 Å². The Labute approximate surface area is 147 Å². The molecule has 6 heteroatoms. The van der Waals surface area contributed by atoms with Crippen LogP contribution < -0.4 is 21.1 Å². The van der Waals surface area contributed by atoms with Crippen LogP contribution in [-0.2, 0) is 6.54 Å². The zero-order chi connectivity index (χ0) is 17.6. The maximum atomic E-state index is 6.21. The predicted octanol–water partition coefficient (Wildman–Crippen LogP) is 3.73. The van der Waals surface area contributed by atoms with E-state index in [0.717, 1.165) is 22.6 Å². The molecule has 0 atom stereocenters. The number of aromatic nitrogens is 2. The minimum absolute atomic E-state index is 0.484. The Morgan fingerprint density at radius 1 is 1.04 bits per heavy atom. The van der Waals surface area contributed by atoms with Gasteiger partial charge in [-0.25, -0.2) is 9.97 Å². The quantitative estimate of drug-likeness (QED) is 0.636. The van der Waals surface area contributed by atoms with Gasteiger partial charge in [-0.2, -0.15) is 0 Å². The summed E-state index contributed by atoms with van der Waals surface area (Å²) in [5.41, 5.74) is 9.90. The van der Waals surface area contributed by atoms with Crippen molar-refractivity contribution in [1.82, 2.24) is 9.97 Å². The fourth-order valence-corrected chi connectivity index (χ4v) is 2.42. The van der Waals surface area contributed by atoms with Gasteiger partial charge < -0.3 is 21.1 Å². The average molecular weight is 335 g/mol. The van der Waals surface area contributed by atoms with Gasteiger partial charge in [-0.15, -0.1) is 0 Å². The van der Waals surface area contributed by atoms with E-state index in [1.54, 1.807) is 7.11 Å². The highest BCUT2D eigenvalue weighted by Crippen LogP contribution is 2.26. The van der Waals surface area contributed by atoms with Crippen LogP contribution in [0.3, 0.4) is 0 Å². The highest BCUT2D eigenvalue weighted by Gasteiger charge is 2.08. The van der Waals surface area contributed by atoms with E-state index >= 15 is 0 Å². The summed E-state index contributed by atoms with van der Waals surface area (Å²) in [6.07, 6.45) is 1.49. The first-order valence-corrected chi connectivity index (χ1v) is 7.96. The number of hydrogen-bond acceptors (Lipinski definition) is 6. The Hall–Kier alpha value is -3.28. The number of nitrogens with two attached hydrogens (primary N) is 1. The molecule has 2 aromatic carbocycles. The lowest BCUT2D eigenvalue weighted by Crippen LogP contribution is -2.08. The molecular weight excluding hydrogens is 314 g/mol. The fourth-order valence-electron chi connectivity index (χ4n) is 2.42. The van der Waals surface area contributed by atoms with Crippen LogP contribution in [0.25, 0.3) is 0 Å².